The van der Waals surface area contributed by atoms with E-state index in [1.165, 1.54) is 0 Å². The topological polar surface area (TPSA) is 67.2 Å². The fourth-order valence-electron chi connectivity index (χ4n) is 1.26. The summed E-state index contributed by atoms with van der Waals surface area (Å²) in [6, 6.07) is 7.11. The van der Waals surface area contributed by atoms with Crippen molar-refractivity contribution in [2.45, 2.75) is 13.3 Å². The van der Waals surface area contributed by atoms with Crippen molar-refractivity contribution in [3.05, 3.63) is 29.8 Å². The second kappa shape index (κ2) is 6.07. The van der Waals surface area contributed by atoms with E-state index >= 15 is 0 Å². The molecule has 0 spiro atoms. The second-order valence-corrected chi connectivity index (χ2v) is 3.73. The Morgan fingerprint density at radius 2 is 2.12 bits per heavy atom. The van der Waals surface area contributed by atoms with E-state index in [1.807, 2.05) is 13.0 Å². The van der Waals surface area contributed by atoms with E-state index in [-0.39, 0.29) is 11.0 Å². The maximum absolute atomic E-state index is 11.8. The predicted octanol–water partition coefficient (Wildman–Crippen LogP) is 1.48. The van der Waals surface area contributed by atoms with Crippen LogP contribution in [0.15, 0.2) is 24.3 Å². The van der Waals surface area contributed by atoms with Crippen molar-refractivity contribution in [1.82, 2.24) is 5.32 Å². The highest BCUT2D eigenvalue weighted by Gasteiger charge is 2.09. The Kier molecular flexibility index (Phi) is 4.72. The molecular weight excluding hydrogens is 222 g/mol. The number of para-hydroxylation sites is 1. The number of benzene rings is 1. The Balaban J connectivity index is 2.85. The van der Waals surface area contributed by atoms with Gasteiger partial charge in [-0.25, -0.2) is 0 Å². The molecule has 4 N–H and O–H groups in total. The molecule has 0 aliphatic rings. The van der Waals surface area contributed by atoms with Crippen LogP contribution in [-0.4, -0.2) is 17.6 Å². The summed E-state index contributed by atoms with van der Waals surface area (Å²) in [6.45, 7) is 2.65. The molecule has 0 bridgehead atoms. The summed E-state index contributed by atoms with van der Waals surface area (Å²) in [5, 5.41) is 5.73. The molecule has 1 rings (SSSR count). The standard InChI is InChI=1S/C11H15N3OS/c1-2-7-13-10(15)8-5-3-4-6-9(8)14-11(12)16/h3-6H,2,7H2,1H3,(H,13,15)(H3,12,14,16). The zero-order chi connectivity index (χ0) is 12.0. The van der Waals surface area contributed by atoms with Crippen LogP contribution in [0.2, 0.25) is 0 Å². The summed E-state index contributed by atoms with van der Waals surface area (Å²) in [4.78, 5) is 11.8. The molecule has 1 aromatic rings. The Morgan fingerprint density at radius 3 is 2.75 bits per heavy atom. The van der Waals surface area contributed by atoms with Crippen LogP contribution in [0.5, 0.6) is 0 Å². The van der Waals surface area contributed by atoms with Crippen LogP contribution < -0.4 is 16.4 Å². The van der Waals surface area contributed by atoms with Gasteiger partial charge in [-0.1, -0.05) is 19.1 Å². The molecule has 0 saturated carbocycles. The maximum Gasteiger partial charge on any atom is 0.253 e. The van der Waals surface area contributed by atoms with E-state index in [0.717, 1.165) is 6.42 Å². The third-order valence-corrected chi connectivity index (χ3v) is 2.07. The molecule has 1 amide bonds. The number of thiocarbonyl (C=S) groups is 1. The number of rotatable bonds is 4. The number of anilines is 1. The van der Waals surface area contributed by atoms with Crippen LogP contribution in [0.1, 0.15) is 23.7 Å². The molecule has 0 atom stereocenters. The number of carbonyl (C=O) groups excluding carboxylic acids is 1. The highest BCUT2D eigenvalue weighted by molar-refractivity contribution is 7.80. The smallest absolute Gasteiger partial charge is 0.253 e. The van der Waals surface area contributed by atoms with Gasteiger partial charge in [0.05, 0.1) is 11.3 Å². The van der Waals surface area contributed by atoms with Gasteiger partial charge in [-0.2, -0.15) is 0 Å². The monoisotopic (exact) mass is 237 g/mol. The quantitative estimate of drug-likeness (QED) is 0.694. The summed E-state index contributed by atoms with van der Waals surface area (Å²) in [5.41, 5.74) is 6.56. The van der Waals surface area contributed by atoms with Gasteiger partial charge in [0.15, 0.2) is 5.11 Å². The van der Waals surface area contributed by atoms with E-state index in [2.05, 4.69) is 10.6 Å². The van der Waals surface area contributed by atoms with Crippen LogP contribution >= 0.6 is 12.2 Å². The van der Waals surface area contributed by atoms with E-state index in [9.17, 15) is 4.79 Å². The van der Waals surface area contributed by atoms with Crippen LogP contribution in [0, 0.1) is 0 Å². The van der Waals surface area contributed by atoms with Crippen LogP contribution in [0.4, 0.5) is 5.69 Å². The molecule has 0 aliphatic heterocycles. The molecule has 0 fully saturated rings. The lowest BCUT2D eigenvalue weighted by Crippen LogP contribution is -2.27. The molecule has 1 aromatic carbocycles. The zero-order valence-corrected chi connectivity index (χ0v) is 9.93. The van der Waals surface area contributed by atoms with Gasteiger partial charge in [-0.3, -0.25) is 4.79 Å². The lowest BCUT2D eigenvalue weighted by molar-refractivity contribution is 0.0954. The summed E-state index contributed by atoms with van der Waals surface area (Å²) >= 11 is 4.75. The van der Waals surface area contributed by atoms with Crippen LogP contribution in [0.3, 0.4) is 0 Å². The molecular formula is C11H15N3OS. The number of amides is 1. The molecule has 0 radical (unpaired) electrons. The van der Waals surface area contributed by atoms with Gasteiger partial charge < -0.3 is 16.4 Å². The largest absolute Gasteiger partial charge is 0.376 e. The lowest BCUT2D eigenvalue weighted by Gasteiger charge is -2.10. The Hall–Kier alpha value is -1.62. The van der Waals surface area contributed by atoms with E-state index in [4.69, 9.17) is 18.0 Å². The molecule has 0 saturated heterocycles. The van der Waals surface area contributed by atoms with Crippen molar-refractivity contribution in [2.24, 2.45) is 5.73 Å². The molecule has 86 valence electrons. The van der Waals surface area contributed by atoms with E-state index in [0.29, 0.717) is 17.8 Å². The summed E-state index contributed by atoms with van der Waals surface area (Å²) < 4.78 is 0. The first-order valence-corrected chi connectivity index (χ1v) is 5.49. The fraction of sp³-hybridized carbons (Fsp3) is 0.273. The van der Waals surface area contributed by atoms with Crippen molar-refractivity contribution in [3.8, 4) is 0 Å². The number of hydrogen-bond donors (Lipinski definition) is 3. The summed E-state index contributed by atoms with van der Waals surface area (Å²) in [7, 11) is 0. The van der Waals surface area contributed by atoms with Gasteiger partial charge in [0, 0.05) is 6.54 Å². The van der Waals surface area contributed by atoms with Gasteiger partial charge in [-0.05, 0) is 30.8 Å². The Labute approximate surface area is 100 Å². The minimum absolute atomic E-state index is 0.124. The molecule has 0 unspecified atom stereocenters. The van der Waals surface area contributed by atoms with Gasteiger partial charge in [0.25, 0.3) is 5.91 Å². The number of nitrogens with one attached hydrogen (secondary N) is 2. The molecule has 0 aromatic heterocycles. The summed E-state index contributed by atoms with van der Waals surface area (Å²) in [5.74, 6) is -0.124. The molecule has 0 aliphatic carbocycles. The van der Waals surface area contributed by atoms with E-state index in [1.54, 1.807) is 18.2 Å². The molecule has 0 heterocycles. The predicted molar refractivity (Wildman–Crippen MR) is 69.5 cm³/mol. The third kappa shape index (κ3) is 3.51. The van der Waals surface area contributed by atoms with Crippen molar-refractivity contribution in [3.63, 3.8) is 0 Å². The molecule has 16 heavy (non-hydrogen) atoms. The SMILES string of the molecule is CCCNC(=O)c1ccccc1NC(N)=S. The fourth-order valence-corrected chi connectivity index (χ4v) is 1.37. The van der Waals surface area contributed by atoms with Crippen molar-refractivity contribution in [1.29, 1.82) is 0 Å². The van der Waals surface area contributed by atoms with Crippen molar-refractivity contribution in [2.75, 3.05) is 11.9 Å². The van der Waals surface area contributed by atoms with Crippen molar-refractivity contribution < 1.29 is 4.79 Å². The minimum Gasteiger partial charge on any atom is -0.376 e. The average molecular weight is 237 g/mol. The van der Waals surface area contributed by atoms with Crippen LogP contribution in [-0.2, 0) is 0 Å². The van der Waals surface area contributed by atoms with Gasteiger partial charge in [-0.15, -0.1) is 0 Å². The second-order valence-electron chi connectivity index (χ2n) is 3.29. The third-order valence-electron chi connectivity index (χ3n) is 1.97. The van der Waals surface area contributed by atoms with Crippen LogP contribution in [0.25, 0.3) is 0 Å². The maximum atomic E-state index is 11.8. The molecule has 5 heteroatoms. The first-order valence-electron chi connectivity index (χ1n) is 5.08. The lowest BCUT2D eigenvalue weighted by atomic mass is 10.1. The highest BCUT2D eigenvalue weighted by atomic mass is 32.1. The number of carbonyl (C=O) groups is 1. The highest BCUT2D eigenvalue weighted by Crippen LogP contribution is 2.14. The van der Waals surface area contributed by atoms with Gasteiger partial charge >= 0.3 is 0 Å². The van der Waals surface area contributed by atoms with E-state index < -0.39 is 0 Å². The minimum atomic E-state index is -0.124. The normalized spacial score (nSPS) is 9.56. The van der Waals surface area contributed by atoms with Gasteiger partial charge in [0.1, 0.15) is 0 Å². The Morgan fingerprint density at radius 1 is 1.44 bits per heavy atom. The molecule has 4 nitrogen and oxygen atoms in total. The van der Waals surface area contributed by atoms with Gasteiger partial charge in [0.2, 0.25) is 0 Å². The van der Waals surface area contributed by atoms with Crippen molar-refractivity contribution >= 4 is 28.9 Å². The average Bonchev–Trinajstić information content (AvgIpc) is 2.26. The Bertz CT molecular complexity index is 393. The first kappa shape index (κ1) is 12.4. The number of nitrogens with two attached hydrogens (primary N) is 1. The number of hydrogen-bond acceptors (Lipinski definition) is 2. The first-order chi connectivity index (χ1) is 7.65. The zero-order valence-electron chi connectivity index (χ0n) is 9.12. The summed E-state index contributed by atoms with van der Waals surface area (Å²) in [6.07, 6.45) is 0.899.